The second-order valence-electron chi connectivity index (χ2n) is 5.65. The molecule has 2 aromatic carbocycles. The van der Waals surface area contributed by atoms with Crippen molar-refractivity contribution in [3.63, 3.8) is 0 Å². The van der Waals surface area contributed by atoms with Crippen molar-refractivity contribution in [2.24, 2.45) is 0 Å². The number of nitrogens with one attached hydrogen (secondary N) is 1. The first-order valence-electron chi connectivity index (χ1n) is 7.67. The van der Waals surface area contributed by atoms with Crippen molar-refractivity contribution < 1.29 is 19.0 Å². The highest BCUT2D eigenvalue weighted by atomic mass is 16.5. The van der Waals surface area contributed by atoms with Gasteiger partial charge in [-0.1, -0.05) is 12.1 Å². The molecule has 1 N–H and O–H groups in total. The maximum Gasteiger partial charge on any atom is 0.262 e. The molecule has 128 valence electrons. The Morgan fingerprint density at radius 1 is 0.958 bits per heavy atom. The fourth-order valence-electron chi connectivity index (χ4n) is 2.35. The third-order valence-electron chi connectivity index (χ3n) is 3.62. The minimum Gasteiger partial charge on any atom is -0.493 e. The van der Waals surface area contributed by atoms with Crippen LogP contribution in [0.2, 0.25) is 0 Å². The number of rotatable bonds is 6. The van der Waals surface area contributed by atoms with Gasteiger partial charge in [0.2, 0.25) is 5.75 Å². The Balaban J connectivity index is 2.10. The summed E-state index contributed by atoms with van der Waals surface area (Å²) < 4.78 is 16.3. The van der Waals surface area contributed by atoms with Crippen molar-refractivity contribution in [1.82, 2.24) is 0 Å². The van der Waals surface area contributed by atoms with E-state index in [4.69, 9.17) is 14.2 Å². The van der Waals surface area contributed by atoms with Crippen molar-refractivity contribution in [3.8, 4) is 17.2 Å². The van der Waals surface area contributed by atoms with E-state index in [0.717, 1.165) is 22.4 Å². The summed E-state index contributed by atoms with van der Waals surface area (Å²) in [5.41, 5.74) is 3.85. The summed E-state index contributed by atoms with van der Waals surface area (Å²) in [4.78, 5) is 12.2. The molecule has 0 atom stereocenters. The van der Waals surface area contributed by atoms with E-state index in [-0.39, 0.29) is 12.5 Å². The highest BCUT2D eigenvalue weighted by Crippen LogP contribution is 2.38. The Morgan fingerprint density at radius 3 is 2.17 bits per heavy atom. The molecule has 0 saturated heterocycles. The SMILES string of the molecule is COc1cc(C)cc(OC)c1OCC(=O)Nc1cc(C)ccc1C. The van der Waals surface area contributed by atoms with Crippen LogP contribution in [-0.4, -0.2) is 26.7 Å². The molecule has 0 aliphatic rings. The number of amides is 1. The molecule has 0 bridgehead atoms. The van der Waals surface area contributed by atoms with Crippen molar-refractivity contribution in [2.75, 3.05) is 26.1 Å². The van der Waals surface area contributed by atoms with Gasteiger partial charge in [-0.2, -0.15) is 0 Å². The van der Waals surface area contributed by atoms with E-state index in [1.54, 1.807) is 14.2 Å². The van der Waals surface area contributed by atoms with E-state index in [0.29, 0.717) is 17.2 Å². The van der Waals surface area contributed by atoms with Gasteiger partial charge in [0.1, 0.15) is 0 Å². The molecular formula is C19H23NO4. The van der Waals surface area contributed by atoms with E-state index in [2.05, 4.69) is 5.32 Å². The van der Waals surface area contributed by atoms with Crippen LogP contribution in [0.15, 0.2) is 30.3 Å². The summed E-state index contributed by atoms with van der Waals surface area (Å²) in [5.74, 6) is 1.24. The lowest BCUT2D eigenvalue weighted by molar-refractivity contribution is -0.118. The summed E-state index contributed by atoms with van der Waals surface area (Å²) >= 11 is 0. The lowest BCUT2D eigenvalue weighted by atomic mass is 10.1. The maximum atomic E-state index is 12.2. The average Bonchev–Trinajstić information content (AvgIpc) is 2.56. The lowest BCUT2D eigenvalue weighted by Crippen LogP contribution is -2.21. The molecule has 0 spiro atoms. The Hall–Kier alpha value is -2.69. The number of anilines is 1. The highest BCUT2D eigenvalue weighted by Gasteiger charge is 2.15. The number of methoxy groups -OCH3 is 2. The Labute approximate surface area is 142 Å². The summed E-state index contributed by atoms with van der Waals surface area (Å²) in [5, 5.41) is 2.86. The van der Waals surface area contributed by atoms with E-state index >= 15 is 0 Å². The molecule has 0 saturated carbocycles. The van der Waals surface area contributed by atoms with Crippen LogP contribution in [0.3, 0.4) is 0 Å². The molecule has 1 amide bonds. The Bertz CT molecular complexity index is 715. The van der Waals surface area contributed by atoms with Crippen LogP contribution in [0.25, 0.3) is 0 Å². The minimum atomic E-state index is -0.242. The fraction of sp³-hybridized carbons (Fsp3) is 0.316. The van der Waals surface area contributed by atoms with Crippen molar-refractivity contribution in [3.05, 3.63) is 47.0 Å². The summed E-state index contributed by atoms with van der Waals surface area (Å²) in [6.07, 6.45) is 0. The number of benzene rings is 2. The van der Waals surface area contributed by atoms with Gasteiger partial charge in [0.05, 0.1) is 14.2 Å². The number of carbonyl (C=O) groups excluding carboxylic acids is 1. The van der Waals surface area contributed by atoms with Crippen LogP contribution in [0.1, 0.15) is 16.7 Å². The molecule has 2 aromatic rings. The monoisotopic (exact) mass is 329 g/mol. The zero-order valence-electron chi connectivity index (χ0n) is 14.7. The van der Waals surface area contributed by atoms with Gasteiger partial charge in [-0.25, -0.2) is 0 Å². The van der Waals surface area contributed by atoms with Crippen LogP contribution in [-0.2, 0) is 4.79 Å². The quantitative estimate of drug-likeness (QED) is 0.879. The van der Waals surface area contributed by atoms with E-state index < -0.39 is 0 Å². The van der Waals surface area contributed by atoms with Crippen LogP contribution in [0.4, 0.5) is 5.69 Å². The Morgan fingerprint density at radius 2 is 1.58 bits per heavy atom. The Kier molecular flexibility index (Phi) is 5.68. The third-order valence-corrected chi connectivity index (χ3v) is 3.62. The van der Waals surface area contributed by atoms with Gasteiger partial charge < -0.3 is 19.5 Å². The van der Waals surface area contributed by atoms with Crippen molar-refractivity contribution in [1.29, 1.82) is 0 Å². The largest absolute Gasteiger partial charge is 0.493 e. The van der Waals surface area contributed by atoms with Crippen molar-refractivity contribution in [2.45, 2.75) is 20.8 Å². The first-order chi connectivity index (χ1) is 11.4. The van der Waals surface area contributed by atoms with Gasteiger partial charge in [0, 0.05) is 5.69 Å². The van der Waals surface area contributed by atoms with Crippen LogP contribution >= 0.6 is 0 Å². The standard InChI is InChI=1S/C19H23NO4/c1-12-6-7-14(3)15(8-12)20-18(21)11-24-19-16(22-4)9-13(2)10-17(19)23-5/h6-10H,11H2,1-5H3,(H,20,21). The van der Waals surface area contributed by atoms with Crippen molar-refractivity contribution >= 4 is 11.6 Å². The summed E-state index contributed by atoms with van der Waals surface area (Å²) in [6, 6.07) is 9.57. The molecule has 0 aromatic heterocycles. The molecule has 0 unspecified atom stereocenters. The predicted molar refractivity (Wildman–Crippen MR) is 94.3 cm³/mol. The zero-order valence-corrected chi connectivity index (χ0v) is 14.7. The van der Waals surface area contributed by atoms with Gasteiger partial charge in [-0.3, -0.25) is 4.79 Å². The molecule has 0 heterocycles. The second kappa shape index (κ2) is 7.73. The zero-order chi connectivity index (χ0) is 17.7. The molecule has 0 radical (unpaired) electrons. The molecule has 0 fully saturated rings. The highest BCUT2D eigenvalue weighted by molar-refractivity contribution is 5.92. The third kappa shape index (κ3) is 4.19. The first kappa shape index (κ1) is 17.7. The topological polar surface area (TPSA) is 56.8 Å². The number of hydrogen-bond donors (Lipinski definition) is 1. The average molecular weight is 329 g/mol. The van der Waals surface area contributed by atoms with E-state index in [9.17, 15) is 4.79 Å². The van der Waals surface area contributed by atoms with Crippen LogP contribution in [0, 0.1) is 20.8 Å². The van der Waals surface area contributed by atoms with Gasteiger partial charge in [0.25, 0.3) is 5.91 Å². The second-order valence-corrected chi connectivity index (χ2v) is 5.65. The number of aryl methyl sites for hydroxylation is 3. The van der Waals surface area contributed by atoms with Crippen LogP contribution < -0.4 is 19.5 Å². The van der Waals surface area contributed by atoms with Gasteiger partial charge in [0.15, 0.2) is 18.1 Å². The van der Waals surface area contributed by atoms with E-state index in [1.807, 2.05) is 51.1 Å². The summed E-state index contributed by atoms with van der Waals surface area (Å²) in [6.45, 7) is 5.72. The molecule has 2 rings (SSSR count). The predicted octanol–water partition coefficient (Wildman–Crippen LogP) is 3.65. The smallest absolute Gasteiger partial charge is 0.262 e. The molecule has 5 heteroatoms. The molecular weight excluding hydrogens is 306 g/mol. The number of carbonyl (C=O) groups is 1. The minimum absolute atomic E-state index is 0.136. The molecule has 0 aliphatic carbocycles. The van der Waals surface area contributed by atoms with Gasteiger partial charge in [-0.15, -0.1) is 0 Å². The maximum absolute atomic E-state index is 12.2. The summed E-state index contributed by atoms with van der Waals surface area (Å²) in [7, 11) is 3.11. The molecule has 5 nitrogen and oxygen atoms in total. The molecule has 0 aliphatic heterocycles. The van der Waals surface area contributed by atoms with Gasteiger partial charge in [-0.05, 0) is 55.7 Å². The molecule has 24 heavy (non-hydrogen) atoms. The van der Waals surface area contributed by atoms with Crippen LogP contribution in [0.5, 0.6) is 17.2 Å². The number of ether oxygens (including phenoxy) is 3. The van der Waals surface area contributed by atoms with E-state index in [1.165, 1.54) is 0 Å². The lowest BCUT2D eigenvalue weighted by Gasteiger charge is -2.15. The normalized spacial score (nSPS) is 10.2. The first-order valence-corrected chi connectivity index (χ1v) is 7.67. The van der Waals surface area contributed by atoms with Gasteiger partial charge >= 0.3 is 0 Å². The number of hydrogen-bond acceptors (Lipinski definition) is 4. The fourth-order valence-corrected chi connectivity index (χ4v) is 2.35.